The first kappa shape index (κ1) is 11.8. The van der Waals surface area contributed by atoms with Gasteiger partial charge in [0, 0.05) is 0 Å². The molecule has 0 saturated carbocycles. The molecular formula is C10H11F3OSi. The van der Waals surface area contributed by atoms with Crippen LogP contribution in [0.1, 0.15) is 0 Å². The van der Waals surface area contributed by atoms with Crippen molar-refractivity contribution in [1.82, 2.24) is 0 Å². The molecule has 1 aromatic rings. The van der Waals surface area contributed by atoms with Crippen LogP contribution >= 0.6 is 0 Å². The summed E-state index contributed by atoms with van der Waals surface area (Å²) in [4.78, 5) is 0. The standard InChI is InChI=1S/C10H11F3OSi/c1-15(2)8-5-3-7(4-6-8)14-10(13)9(11)12/h3-6,15H,1-2H3. The highest BCUT2D eigenvalue weighted by Crippen LogP contribution is 2.16. The van der Waals surface area contributed by atoms with E-state index >= 15 is 0 Å². The molecule has 5 heteroatoms. The maximum Gasteiger partial charge on any atom is 0.344 e. The lowest BCUT2D eigenvalue weighted by Gasteiger charge is -2.05. The van der Waals surface area contributed by atoms with Crippen LogP contribution in [0.25, 0.3) is 0 Å². The second kappa shape index (κ2) is 5.02. The van der Waals surface area contributed by atoms with E-state index in [1.54, 1.807) is 12.1 Å². The molecule has 0 aliphatic heterocycles. The van der Waals surface area contributed by atoms with Gasteiger partial charge >= 0.3 is 12.1 Å². The minimum atomic E-state index is -2.45. The molecule has 0 unspecified atom stereocenters. The fourth-order valence-electron chi connectivity index (χ4n) is 1.06. The minimum absolute atomic E-state index is 0.0821. The van der Waals surface area contributed by atoms with Crippen LogP contribution < -0.4 is 9.92 Å². The van der Waals surface area contributed by atoms with E-state index in [0.717, 1.165) is 0 Å². The van der Waals surface area contributed by atoms with Crippen molar-refractivity contribution in [1.29, 1.82) is 0 Å². The monoisotopic (exact) mass is 232 g/mol. The van der Waals surface area contributed by atoms with Gasteiger partial charge in [0.25, 0.3) is 0 Å². The van der Waals surface area contributed by atoms with Gasteiger partial charge < -0.3 is 4.74 Å². The molecule has 1 aromatic carbocycles. The lowest BCUT2D eigenvalue weighted by molar-refractivity contribution is 0.241. The van der Waals surface area contributed by atoms with E-state index in [1.807, 2.05) is 0 Å². The van der Waals surface area contributed by atoms with Crippen LogP contribution in [0.15, 0.2) is 36.4 Å². The molecular weight excluding hydrogens is 221 g/mol. The van der Waals surface area contributed by atoms with E-state index in [4.69, 9.17) is 0 Å². The summed E-state index contributed by atoms with van der Waals surface area (Å²) in [5.41, 5.74) is 0. The molecule has 0 N–H and O–H groups in total. The predicted molar refractivity (Wildman–Crippen MR) is 55.9 cm³/mol. The molecule has 15 heavy (non-hydrogen) atoms. The summed E-state index contributed by atoms with van der Waals surface area (Å²) in [6, 6.07) is 4.69. The lowest BCUT2D eigenvalue weighted by Crippen LogP contribution is -2.21. The summed E-state index contributed by atoms with van der Waals surface area (Å²) in [5.74, 6) is 0.0821. The van der Waals surface area contributed by atoms with E-state index < -0.39 is 20.9 Å². The van der Waals surface area contributed by atoms with Crippen LogP contribution in [-0.4, -0.2) is 8.80 Å². The van der Waals surface area contributed by atoms with E-state index in [2.05, 4.69) is 17.8 Å². The largest absolute Gasteiger partial charge is 0.428 e. The summed E-state index contributed by atoms with van der Waals surface area (Å²) in [7, 11) is -0.914. The third-order valence-corrected chi connectivity index (χ3v) is 3.62. The Balaban J connectivity index is 2.78. The zero-order valence-corrected chi connectivity index (χ0v) is 9.58. The van der Waals surface area contributed by atoms with Gasteiger partial charge in [0.15, 0.2) is 0 Å². The summed E-state index contributed by atoms with van der Waals surface area (Å²) in [5, 5.41) is 1.17. The highest BCUT2D eigenvalue weighted by atomic mass is 28.3. The van der Waals surface area contributed by atoms with Crippen molar-refractivity contribution in [3.8, 4) is 5.75 Å². The SMILES string of the molecule is C[SiH](C)c1ccc(OC(F)=C(F)F)cc1. The Labute approximate surface area is 87.8 Å². The van der Waals surface area contributed by atoms with E-state index in [9.17, 15) is 13.2 Å². The molecule has 1 rings (SSSR count). The Morgan fingerprint density at radius 3 is 2.00 bits per heavy atom. The number of hydrogen-bond acceptors (Lipinski definition) is 1. The smallest absolute Gasteiger partial charge is 0.344 e. The van der Waals surface area contributed by atoms with Gasteiger partial charge in [-0.25, -0.2) is 0 Å². The summed E-state index contributed by atoms with van der Waals surface area (Å²) in [6.07, 6.45) is -2.45. The van der Waals surface area contributed by atoms with Gasteiger partial charge in [-0.3, -0.25) is 0 Å². The molecule has 0 aliphatic carbocycles. The first-order valence-corrected chi connectivity index (χ1v) is 7.38. The van der Waals surface area contributed by atoms with Crippen LogP contribution in [0.3, 0.4) is 0 Å². The van der Waals surface area contributed by atoms with E-state index in [1.165, 1.54) is 17.3 Å². The van der Waals surface area contributed by atoms with Crippen molar-refractivity contribution < 1.29 is 17.9 Å². The molecule has 0 aromatic heterocycles. The van der Waals surface area contributed by atoms with Crippen molar-refractivity contribution in [2.45, 2.75) is 13.1 Å². The maximum atomic E-state index is 12.4. The third kappa shape index (κ3) is 3.43. The predicted octanol–water partition coefficient (Wildman–Crippen LogP) is 2.79. The van der Waals surface area contributed by atoms with E-state index in [0.29, 0.717) is 0 Å². The molecule has 1 nitrogen and oxygen atoms in total. The maximum absolute atomic E-state index is 12.4. The third-order valence-electron chi connectivity index (χ3n) is 1.90. The Morgan fingerprint density at radius 1 is 1.07 bits per heavy atom. The Bertz CT molecular complexity index is 355. The van der Waals surface area contributed by atoms with Crippen molar-refractivity contribution in [3.63, 3.8) is 0 Å². The fourth-order valence-corrected chi connectivity index (χ4v) is 2.03. The number of rotatable bonds is 3. The van der Waals surface area contributed by atoms with Crippen LogP contribution in [0.4, 0.5) is 13.2 Å². The van der Waals surface area contributed by atoms with Gasteiger partial charge in [-0.15, -0.1) is 0 Å². The second-order valence-electron chi connectivity index (χ2n) is 3.36. The molecule has 0 saturated heterocycles. The summed E-state index contributed by atoms with van der Waals surface area (Å²) in [6.45, 7) is 4.27. The van der Waals surface area contributed by atoms with Crippen LogP contribution in [0.5, 0.6) is 5.75 Å². The van der Waals surface area contributed by atoms with Crippen LogP contribution in [0.2, 0.25) is 13.1 Å². The van der Waals surface area contributed by atoms with Crippen molar-refractivity contribution in [2.75, 3.05) is 0 Å². The zero-order chi connectivity index (χ0) is 11.4. The Kier molecular flexibility index (Phi) is 3.96. The van der Waals surface area contributed by atoms with Gasteiger partial charge in [-0.1, -0.05) is 30.4 Å². The van der Waals surface area contributed by atoms with Crippen molar-refractivity contribution in [3.05, 3.63) is 36.4 Å². The Morgan fingerprint density at radius 2 is 1.60 bits per heavy atom. The number of hydrogen-bond donors (Lipinski definition) is 0. The molecule has 0 atom stereocenters. The summed E-state index contributed by atoms with van der Waals surface area (Å²) < 4.78 is 40.1. The van der Waals surface area contributed by atoms with Gasteiger partial charge in [-0.2, -0.15) is 13.2 Å². The summed E-state index contributed by atoms with van der Waals surface area (Å²) >= 11 is 0. The first-order chi connectivity index (χ1) is 7.00. The van der Waals surface area contributed by atoms with Gasteiger partial charge in [0.2, 0.25) is 0 Å². The van der Waals surface area contributed by atoms with Crippen LogP contribution in [0, 0.1) is 0 Å². The van der Waals surface area contributed by atoms with Gasteiger partial charge in [0.1, 0.15) is 5.75 Å². The quantitative estimate of drug-likeness (QED) is 0.575. The van der Waals surface area contributed by atoms with Crippen LogP contribution in [-0.2, 0) is 0 Å². The topological polar surface area (TPSA) is 9.23 Å². The normalized spacial score (nSPS) is 10.3. The average molecular weight is 232 g/mol. The molecule has 0 amide bonds. The highest BCUT2D eigenvalue weighted by molar-refractivity contribution is 6.70. The molecule has 0 aliphatic rings. The van der Waals surface area contributed by atoms with Gasteiger partial charge in [0.05, 0.1) is 8.80 Å². The fraction of sp³-hybridized carbons (Fsp3) is 0.200. The Hall–Kier alpha value is -1.23. The minimum Gasteiger partial charge on any atom is -0.428 e. The highest BCUT2D eigenvalue weighted by Gasteiger charge is 2.08. The number of benzene rings is 1. The number of halogens is 3. The molecule has 0 heterocycles. The molecule has 0 spiro atoms. The van der Waals surface area contributed by atoms with Crippen molar-refractivity contribution in [2.24, 2.45) is 0 Å². The molecule has 82 valence electrons. The molecule has 0 fully saturated rings. The van der Waals surface area contributed by atoms with Gasteiger partial charge in [-0.05, 0) is 12.1 Å². The first-order valence-electron chi connectivity index (χ1n) is 4.49. The lowest BCUT2D eigenvalue weighted by atomic mass is 10.3. The van der Waals surface area contributed by atoms with E-state index in [-0.39, 0.29) is 5.75 Å². The molecule has 0 radical (unpaired) electrons. The second-order valence-corrected chi connectivity index (χ2v) is 6.34. The number of ether oxygens (including phenoxy) is 1. The zero-order valence-electron chi connectivity index (χ0n) is 8.43. The molecule has 0 bridgehead atoms. The average Bonchev–Trinajstić information content (AvgIpc) is 2.18. The van der Waals surface area contributed by atoms with Crippen molar-refractivity contribution >= 4 is 14.0 Å².